The van der Waals surface area contributed by atoms with Crippen molar-refractivity contribution in [3.05, 3.63) is 124 Å². The first-order valence-electron chi connectivity index (χ1n) is 10.8. The molecule has 0 saturated carbocycles. The summed E-state index contributed by atoms with van der Waals surface area (Å²) in [7, 11) is 0. The number of halogens is 10. The van der Waals surface area contributed by atoms with Crippen LogP contribution in [0, 0.1) is 40.9 Å². The first-order valence-corrected chi connectivity index (χ1v) is 10.8. The second-order valence-corrected chi connectivity index (χ2v) is 8.00. The van der Waals surface area contributed by atoms with Crippen LogP contribution in [0.4, 0.5) is 43.9 Å². The molecule has 0 N–H and O–H groups in total. The zero-order chi connectivity index (χ0) is 28.5. The van der Waals surface area contributed by atoms with Crippen LogP contribution in [0.1, 0.15) is 22.3 Å². The fourth-order valence-corrected chi connectivity index (χ4v) is 3.57. The van der Waals surface area contributed by atoms with E-state index in [1.165, 1.54) is 12.1 Å². The van der Waals surface area contributed by atoms with Gasteiger partial charge in [0.15, 0.2) is 0 Å². The average molecular weight is 554 g/mol. The van der Waals surface area contributed by atoms with Crippen LogP contribution in [0.3, 0.4) is 0 Å². The van der Waals surface area contributed by atoms with Gasteiger partial charge in [0.25, 0.3) is 0 Å². The number of hydrogen-bond acceptors (Lipinski definition) is 1. The summed E-state index contributed by atoms with van der Waals surface area (Å²) in [5.74, 6) is -5.96. The predicted octanol–water partition coefficient (Wildman–Crippen LogP) is 8.60. The van der Waals surface area contributed by atoms with E-state index in [0.29, 0.717) is 17.7 Å². The predicted molar refractivity (Wildman–Crippen MR) is 120 cm³/mol. The third kappa shape index (κ3) is 6.00. The summed E-state index contributed by atoms with van der Waals surface area (Å²) in [5, 5.41) is 0. The van der Waals surface area contributed by atoms with Crippen LogP contribution in [-0.4, -0.2) is 0 Å². The zero-order valence-corrected chi connectivity index (χ0v) is 19.1. The van der Waals surface area contributed by atoms with Gasteiger partial charge < -0.3 is 4.74 Å². The lowest BCUT2D eigenvalue weighted by atomic mass is 10.0. The van der Waals surface area contributed by atoms with Crippen molar-refractivity contribution >= 4 is 0 Å². The Hall–Kier alpha value is -4.46. The van der Waals surface area contributed by atoms with E-state index in [2.05, 4.69) is 16.6 Å². The quantitative estimate of drug-likeness (QED) is 0.181. The van der Waals surface area contributed by atoms with Gasteiger partial charge in [0.05, 0.1) is 5.56 Å². The van der Waals surface area contributed by atoms with Crippen molar-refractivity contribution < 1.29 is 48.6 Å². The Bertz CT molecular complexity index is 1550. The van der Waals surface area contributed by atoms with E-state index in [-0.39, 0.29) is 17.7 Å². The fraction of sp³-hybridized carbons (Fsp3) is 0.0714. The molecule has 0 heterocycles. The maximum atomic E-state index is 14.5. The molecule has 0 bridgehead atoms. The molecule has 0 spiro atoms. The molecule has 200 valence electrons. The SMILES string of the molecule is Fc1cc(-c2ccccc2)ccc1C#Cc1cc(F)c(C(F)(F)Oc2cc(F)c(C(F)(F)F)c(F)c2)c(F)c1. The number of rotatable bonds is 4. The molecule has 0 unspecified atom stereocenters. The molecule has 0 radical (unpaired) electrons. The molecule has 0 aliphatic heterocycles. The number of hydrogen-bond donors (Lipinski definition) is 0. The molecule has 4 aromatic rings. The van der Waals surface area contributed by atoms with Crippen molar-refractivity contribution in [3.63, 3.8) is 0 Å². The summed E-state index contributed by atoms with van der Waals surface area (Å²) < 4.78 is 142. The van der Waals surface area contributed by atoms with Crippen molar-refractivity contribution in [1.29, 1.82) is 0 Å². The van der Waals surface area contributed by atoms with Crippen molar-refractivity contribution in [1.82, 2.24) is 0 Å². The Kier molecular flexibility index (Phi) is 7.33. The van der Waals surface area contributed by atoms with E-state index >= 15 is 0 Å². The summed E-state index contributed by atoms with van der Waals surface area (Å²) in [6.07, 6.45) is -10.4. The molecule has 11 heteroatoms. The van der Waals surface area contributed by atoms with Crippen molar-refractivity contribution in [2.45, 2.75) is 12.3 Å². The molecule has 39 heavy (non-hydrogen) atoms. The minimum absolute atomic E-state index is 0.153. The molecule has 0 saturated heterocycles. The molecule has 0 aliphatic rings. The lowest BCUT2D eigenvalue weighted by molar-refractivity contribution is -0.189. The second-order valence-electron chi connectivity index (χ2n) is 8.00. The highest BCUT2D eigenvalue weighted by Gasteiger charge is 2.43. The van der Waals surface area contributed by atoms with Crippen LogP contribution in [-0.2, 0) is 12.3 Å². The highest BCUT2D eigenvalue weighted by molar-refractivity contribution is 5.64. The maximum absolute atomic E-state index is 14.5. The topological polar surface area (TPSA) is 9.23 Å². The number of benzene rings is 4. The Labute approximate surface area is 214 Å². The van der Waals surface area contributed by atoms with E-state index in [0.717, 1.165) is 5.56 Å². The largest absolute Gasteiger partial charge is 0.432 e. The van der Waals surface area contributed by atoms with Gasteiger partial charge in [-0.15, -0.1) is 0 Å². The third-order valence-electron chi connectivity index (χ3n) is 5.30. The smallest absolute Gasteiger partial charge is 0.429 e. The second kappa shape index (κ2) is 10.4. The lowest BCUT2D eigenvalue weighted by Crippen LogP contribution is -2.25. The first kappa shape index (κ1) is 27.6. The van der Waals surface area contributed by atoms with Crippen LogP contribution < -0.4 is 4.74 Å². The highest BCUT2D eigenvalue weighted by atomic mass is 19.4. The van der Waals surface area contributed by atoms with E-state index < -0.39 is 63.8 Å². The van der Waals surface area contributed by atoms with Gasteiger partial charge in [-0.2, -0.15) is 22.0 Å². The Balaban J connectivity index is 1.60. The Morgan fingerprint density at radius 3 is 1.64 bits per heavy atom. The normalized spacial score (nSPS) is 11.6. The minimum Gasteiger partial charge on any atom is -0.429 e. The molecule has 4 aromatic carbocycles. The van der Waals surface area contributed by atoms with E-state index in [1.54, 1.807) is 36.4 Å². The molecule has 0 fully saturated rings. The van der Waals surface area contributed by atoms with Gasteiger partial charge in [-0.1, -0.05) is 48.2 Å². The molecular formula is C28H12F10O. The van der Waals surface area contributed by atoms with Crippen molar-refractivity contribution in [2.24, 2.45) is 0 Å². The van der Waals surface area contributed by atoms with Gasteiger partial charge >= 0.3 is 12.3 Å². The van der Waals surface area contributed by atoms with E-state index in [1.807, 2.05) is 0 Å². The minimum atomic E-state index is -5.48. The highest BCUT2D eigenvalue weighted by Crippen LogP contribution is 2.39. The molecule has 4 rings (SSSR count). The zero-order valence-electron chi connectivity index (χ0n) is 19.1. The van der Waals surface area contributed by atoms with E-state index in [4.69, 9.17) is 0 Å². The Morgan fingerprint density at radius 1 is 0.538 bits per heavy atom. The number of alkyl halides is 5. The fourth-order valence-electron chi connectivity index (χ4n) is 3.57. The van der Waals surface area contributed by atoms with Gasteiger partial charge in [-0.05, 0) is 35.4 Å². The van der Waals surface area contributed by atoms with Crippen molar-refractivity contribution in [2.75, 3.05) is 0 Å². The van der Waals surface area contributed by atoms with E-state index in [9.17, 15) is 43.9 Å². The molecular weight excluding hydrogens is 542 g/mol. The van der Waals surface area contributed by atoms with Crippen LogP contribution in [0.5, 0.6) is 5.75 Å². The van der Waals surface area contributed by atoms with Crippen LogP contribution in [0.15, 0.2) is 72.8 Å². The summed E-state index contributed by atoms with van der Waals surface area (Å²) in [6.45, 7) is 0. The molecule has 0 atom stereocenters. The third-order valence-corrected chi connectivity index (χ3v) is 5.30. The first-order chi connectivity index (χ1) is 18.3. The average Bonchev–Trinajstić information content (AvgIpc) is 2.81. The summed E-state index contributed by atoms with van der Waals surface area (Å²) >= 11 is 0. The lowest BCUT2D eigenvalue weighted by Gasteiger charge is -2.20. The number of ether oxygens (including phenoxy) is 1. The van der Waals surface area contributed by atoms with Crippen molar-refractivity contribution in [3.8, 4) is 28.7 Å². The van der Waals surface area contributed by atoms with Gasteiger partial charge in [0, 0.05) is 17.7 Å². The van der Waals surface area contributed by atoms with Crippen LogP contribution in [0.2, 0.25) is 0 Å². The summed E-state index contributed by atoms with van der Waals surface area (Å²) in [5.41, 5.74) is -3.71. The van der Waals surface area contributed by atoms with Crippen LogP contribution in [0.25, 0.3) is 11.1 Å². The molecule has 1 nitrogen and oxygen atoms in total. The molecule has 0 aliphatic carbocycles. The van der Waals surface area contributed by atoms with Gasteiger partial charge in [0.2, 0.25) is 0 Å². The molecule has 0 aromatic heterocycles. The van der Waals surface area contributed by atoms with Gasteiger partial charge in [-0.25, -0.2) is 22.0 Å². The maximum Gasteiger partial charge on any atom is 0.432 e. The standard InChI is InChI=1S/C28H12F10O/c29-20-12-18(16-4-2-1-3-5-16)9-8-17(20)7-6-15-10-21(30)26(22(31)11-15)28(37,38)39-19-13-23(32)25(24(33)14-19)27(34,35)36/h1-5,8-14H. The van der Waals surface area contributed by atoms with Gasteiger partial charge in [0.1, 0.15) is 46.0 Å². The monoisotopic (exact) mass is 554 g/mol. The summed E-state index contributed by atoms with van der Waals surface area (Å²) in [6, 6.07) is 13.2. The molecule has 0 amide bonds. The van der Waals surface area contributed by atoms with Crippen LogP contribution >= 0.6 is 0 Å². The Morgan fingerprint density at radius 2 is 1.10 bits per heavy atom. The van der Waals surface area contributed by atoms with Gasteiger partial charge in [-0.3, -0.25) is 0 Å². The summed E-state index contributed by atoms with van der Waals surface area (Å²) in [4.78, 5) is 0.